The highest BCUT2D eigenvalue weighted by Crippen LogP contribution is 2.44. The Labute approximate surface area is 193 Å². The Hall–Kier alpha value is -3.25. The Balaban J connectivity index is 1.34. The Morgan fingerprint density at radius 2 is 1.72 bits per heavy atom. The number of hydrogen-bond donors (Lipinski definition) is 2. The molecule has 1 heterocycles. The van der Waals surface area contributed by atoms with E-state index < -0.39 is 0 Å². The van der Waals surface area contributed by atoms with Crippen LogP contribution in [0.25, 0.3) is 0 Å². The van der Waals surface area contributed by atoms with Gasteiger partial charge in [0, 0.05) is 9.79 Å². The predicted molar refractivity (Wildman–Crippen MR) is 131 cm³/mol. The van der Waals surface area contributed by atoms with Crippen LogP contribution >= 0.6 is 11.8 Å². The van der Waals surface area contributed by atoms with E-state index in [9.17, 15) is 4.79 Å². The third-order valence-corrected chi connectivity index (χ3v) is 6.36. The Morgan fingerprint density at radius 3 is 2.47 bits per heavy atom. The van der Waals surface area contributed by atoms with Gasteiger partial charge in [-0.05, 0) is 59.9 Å². The van der Waals surface area contributed by atoms with Gasteiger partial charge in [-0.1, -0.05) is 62.9 Å². The fourth-order valence-electron chi connectivity index (χ4n) is 3.31. The molecule has 0 fully saturated rings. The third-order valence-electron chi connectivity index (χ3n) is 5.21. The maximum absolute atomic E-state index is 12.2. The van der Waals surface area contributed by atoms with E-state index in [2.05, 4.69) is 60.9 Å². The van der Waals surface area contributed by atoms with Gasteiger partial charge in [-0.15, -0.1) is 0 Å². The maximum Gasteiger partial charge on any atom is 0.277 e. The molecule has 2 N–H and O–H groups in total. The van der Waals surface area contributed by atoms with Gasteiger partial charge in [0.05, 0.1) is 17.1 Å². The van der Waals surface area contributed by atoms with Gasteiger partial charge in [0.15, 0.2) is 6.61 Å². The summed E-state index contributed by atoms with van der Waals surface area (Å²) in [4.78, 5) is 14.6. The zero-order chi connectivity index (χ0) is 22.7. The van der Waals surface area contributed by atoms with E-state index in [1.807, 2.05) is 49.4 Å². The largest absolute Gasteiger partial charge is 0.484 e. The fraction of sp³-hybridized carbons (Fsp3) is 0.231. The number of anilines is 2. The number of amides is 1. The van der Waals surface area contributed by atoms with Crippen molar-refractivity contribution >= 4 is 34.8 Å². The van der Waals surface area contributed by atoms with Crippen molar-refractivity contribution in [2.75, 3.05) is 11.9 Å². The molecule has 3 aromatic rings. The summed E-state index contributed by atoms with van der Waals surface area (Å²) in [6.07, 6.45) is 0. The average Bonchev–Trinajstić information content (AvgIpc) is 2.79. The van der Waals surface area contributed by atoms with E-state index in [-0.39, 0.29) is 17.9 Å². The summed E-state index contributed by atoms with van der Waals surface area (Å²) in [5.41, 5.74) is 7.67. The van der Waals surface area contributed by atoms with Crippen molar-refractivity contribution < 1.29 is 9.53 Å². The summed E-state index contributed by atoms with van der Waals surface area (Å²) in [7, 11) is 0. The standard InChI is InChI=1S/C26H27N3O2S/c1-17(18-9-14-24-22(15-18)27-21-7-5-6-8-23(21)32-24)28-29-25(30)16-31-20-12-10-19(11-13-20)26(2,3)4/h5-15,27H,16H2,1-4H3,(H,29,30)/b28-17-. The van der Waals surface area contributed by atoms with Crippen molar-refractivity contribution in [2.45, 2.75) is 42.9 Å². The fourth-order valence-corrected chi connectivity index (χ4v) is 4.28. The van der Waals surface area contributed by atoms with E-state index in [0.717, 1.165) is 27.5 Å². The Morgan fingerprint density at radius 1 is 1.00 bits per heavy atom. The van der Waals surface area contributed by atoms with E-state index in [1.165, 1.54) is 10.5 Å². The van der Waals surface area contributed by atoms with Crippen LogP contribution in [0.15, 0.2) is 81.6 Å². The molecule has 0 bridgehead atoms. The molecule has 4 rings (SSSR count). The molecule has 1 aliphatic rings. The lowest BCUT2D eigenvalue weighted by Gasteiger charge is -2.21. The molecule has 0 saturated carbocycles. The molecule has 0 atom stereocenters. The first-order valence-corrected chi connectivity index (χ1v) is 11.4. The van der Waals surface area contributed by atoms with E-state index >= 15 is 0 Å². The minimum Gasteiger partial charge on any atom is -0.484 e. The normalized spacial score (nSPS) is 12.9. The molecule has 5 nitrogen and oxygen atoms in total. The number of nitrogens with zero attached hydrogens (tertiary/aromatic N) is 1. The molecule has 3 aromatic carbocycles. The van der Waals surface area contributed by atoms with Crippen LogP contribution in [0.5, 0.6) is 5.75 Å². The summed E-state index contributed by atoms with van der Waals surface area (Å²) in [6.45, 7) is 8.26. The lowest BCUT2D eigenvalue weighted by Crippen LogP contribution is -2.25. The van der Waals surface area contributed by atoms with Gasteiger partial charge in [-0.25, -0.2) is 5.43 Å². The molecular weight excluding hydrogens is 418 g/mol. The van der Waals surface area contributed by atoms with Gasteiger partial charge in [0.25, 0.3) is 5.91 Å². The average molecular weight is 446 g/mol. The monoisotopic (exact) mass is 445 g/mol. The van der Waals surface area contributed by atoms with Crippen LogP contribution < -0.4 is 15.5 Å². The summed E-state index contributed by atoms with van der Waals surface area (Å²) in [5.74, 6) is 0.359. The molecule has 164 valence electrons. The lowest BCUT2D eigenvalue weighted by molar-refractivity contribution is -0.123. The van der Waals surface area contributed by atoms with Crippen molar-refractivity contribution in [3.05, 3.63) is 77.9 Å². The molecule has 0 spiro atoms. The molecule has 0 unspecified atom stereocenters. The first kappa shape index (κ1) is 22.0. The summed E-state index contributed by atoms with van der Waals surface area (Å²) in [6, 6.07) is 22.2. The topological polar surface area (TPSA) is 62.7 Å². The SMILES string of the molecule is C/C(=N/NC(=O)COc1ccc(C(C)(C)C)cc1)c1ccc2c(c1)Nc1ccccc1S2. The first-order valence-electron chi connectivity index (χ1n) is 10.5. The van der Waals surface area contributed by atoms with Crippen molar-refractivity contribution in [1.82, 2.24) is 5.43 Å². The zero-order valence-corrected chi connectivity index (χ0v) is 19.5. The Kier molecular flexibility index (Phi) is 6.24. The molecule has 1 aliphatic heterocycles. The number of rotatable bonds is 5. The lowest BCUT2D eigenvalue weighted by atomic mass is 9.87. The summed E-state index contributed by atoms with van der Waals surface area (Å²) < 4.78 is 5.59. The van der Waals surface area contributed by atoms with Gasteiger partial charge >= 0.3 is 0 Å². The van der Waals surface area contributed by atoms with E-state index in [0.29, 0.717) is 5.75 Å². The molecule has 1 amide bonds. The molecule has 0 saturated heterocycles. The maximum atomic E-state index is 12.2. The first-order chi connectivity index (χ1) is 15.3. The highest BCUT2D eigenvalue weighted by atomic mass is 32.2. The number of carbonyl (C=O) groups excluding carboxylic acids is 1. The highest BCUT2D eigenvalue weighted by molar-refractivity contribution is 7.99. The van der Waals surface area contributed by atoms with Crippen molar-refractivity contribution in [3.63, 3.8) is 0 Å². The third kappa shape index (κ3) is 5.14. The molecule has 0 aliphatic carbocycles. The smallest absolute Gasteiger partial charge is 0.277 e. The second kappa shape index (κ2) is 9.09. The molecule has 6 heteroatoms. The highest BCUT2D eigenvalue weighted by Gasteiger charge is 2.16. The molecule has 0 aromatic heterocycles. The van der Waals surface area contributed by atoms with Crippen LogP contribution in [0.3, 0.4) is 0 Å². The number of nitrogens with one attached hydrogen (secondary N) is 2. The van der Waals surface area contributed by atoms with E-state index in [4.69, 9.17) is 4.74 Å². The molecule has 0 radical (unpaired) electrons. The van der Waals surface area contributed by atoms with Crippen LogP contribution in [0.2, 0.25) is 0 Å². The number of fused-ring (bicyclic) bond motifs is 2. The van der Waals surface area contributed by atoms with Gasteiger partial charge in [-0.3, -0.25) is 4.79 Å². The van der Waals surface area contributed by atoms with Gasteiger partial charge < -0.3 is 10.1 Å². The van der Waals surface area contributed by atoms with Crippen LogP contribution in [-0.2, 0) is 10.2 Å². The second-order valence-electron chi connectivity index (χ2n) is 8.73. The zero-order valence-electron chi connectivity index (χ0n) is 18.7. The predicted octanol–water partition coefficient (Wildman–Crippen LogP) is 6.11. The van der Waals surface area contributed by atoms with Gasteiger partial charge in [0.2, 0.25) is 0 Å². The van der Waals surface area contributed by atoms with Crippen molar-refractivity contribution in [1.29, 1.82) is 0 Å². The van der Waals surface area contributed by atoms with E-state index in [1.54, 1.807) is 11.8 Å². The number of hydrogen-bond acceptors (Lipinski definition) is 5. The van der Waals surface area contributed by atoms with Crippen LogP contribution in [-0.4, -0.2) is 18.2 Å². The van der Waals surface area contributed by atoms with Crippen LogP contribution in [0, 0.1) is 0 Å². The summed E-state index contributed by atoms with van der Waals surface area (Å²) in [5, 5.41) is 7.72. The minimum absolute atomic E-state index is 0.0798. The number of hydrazone groups is 1. The Bertz CT molecular complexity index is 1160. The van der Waals surface area contributed by atoms with Crippen LogP contribution in [0.4, 0.5) is 11.4 Å². The van der Waals surface area contributed by atoms with Gasteiger partial charge in [-0.2, -0.15) is 5.10 Å². The molecule has 32 heavy (non-hydrogen) atoms. The summed E-state index contributed by atoms with van der Waals surface area (Å²) >= 11 is 1.74. The quantitative estimate of drug-likeness (QED) is 0.287. The molecular formula is C26H27N3O2S. The number of benzene rings is 3. The number of carbonyl (C=O) groups is 1. The van der Waals surface area contributed by atoms with Crippen LogP contribution in [0.1, 0.15) is 38.8 Å². The second-order valence-corrected chi connectivity index (χ2v) is 9.81. The minimum atomic E-state index is -0.301. The van der Waals surface area contributed by atoms with Crippen molar-refractivity contribution in [2.24, 2.45) is 5.10 Å². The van der Waals surface area contributed by atoms with Crippen molar-refractivity contribution in [3.8, 4) is 5.75 Å². The number of para-hydroxylation sites is 1. The van der Waals surface area contributed by atoms with Gasteiger partial charge in [0.1, 0.15) is 5.75 Å². The number of ether oxygens (including phenoxy) is 1.